The summed E-state index contributed by atoms with van der Waals surface area (Å²) in [5.41, 5.74) is 5.71. The van der Waals surface area contributed by atoms with Crippen LogP contribution in [0.3, 0.4) is 0 Å². The van der Waals surface area contributed by atoms with Crippen LogP contribution >= 0.6 is 0 Å². The number of pyridine rings is 1. The fourth-order valence-corrected chi connectivity index (χ4v) is 6.85. The zero-order valence-electron chi connectivity index (χ0n) is 19.7. The van der Waals surface area contributed by atoms with Gasteiger partial charge in [0.2, 0.25) is 0 Å². The van der Waals surface area contributed by atoms with Gasteiger partial charge in [0.1, 0.15) is 0 Å². The molecule has 2 nitrogen and oxygen atoms in total. The van der Waals surface area contributed by atoms with Gasteiger partial charge in [-0.05, 0) is 12.0 Å². The average molecular weight is 498 g/mol. The Labute approximate surface area is 196 Å². The number of benzene rings is 3. The van der Waals surface area contributed by atoms with E-state index >= 15 is 4.39 Å². The van der Waals surface area contributed by atoms with Gasteiger partial charge >= 0.3 is 171 Å². The quantitative estimate of drug-likeness (QED) is 0.234. The Kier molecular flexibility index (Phi) is 5.40. The zero-order chi connectivity index (χ0) is 23.3. The van der Waals surface area contributed by atoms with Crippen molar-refractivity contribution in [1.82, 2.24) is 4.98 Å². The fourth-order valence-electron chi connectivity index (χ4n) is 4.40. The van der Waals surface area contributed by atoms with Crippen LogP contribution in [0.4, 0.5) is 4.39 Å². The molecule has 0 N–H and O–H groups in total. The molecule has 3 aromatic carbocycles. The molecule has 5 rings (SSSR count). The van der Waals surface area contributed by atoms with E-state index in [-0.39, 0.29) is 5.82 Å². The van der Waals surface area contributed by atoms with Crippen LogP contribution in [0.1, 0.15) is 25.3 Å². The number of hydrogen-bond donors (Lipinski definition) is 0. The first kappa shape index (κ1) is 21.9. The van der Waals surface area contributed by atoms with E-state index in [1.165, 1.54) is 9.96 Å². The molecule has 0 radical (unpaired) electrons. The van der Waals surface area contributed by atoms with Crippen LogP contribution < -0.4 is 4.40 Å². The molecule has 2 aromatic heterocycles. The van der Waals surface area contributed by atoms with Gasteiger partial charge in [-0.3, -0.25) is 0 Å². The van der Waals surface area contributed by atoms with Crippen molar-refractivity contribution in [1.29, 1.82) is 0 Å². The Morgan fingerprint density at radius 1 is 0.848 bits per heavy atom. The molecule has 2 heterocycles. The molecule has 0 atom stereocenters. The van der Waals surface area contributed by atoms with Crippen molar-refractivity contribution in [2.75, 3.05) is 0 Å². The van der Waals surface area contributed by atoms with Crippen LogP contribution in [0.15, 0.2) is 77.3 Å². The SMILES string of the molecule is CC(C)c1ccnc(-c2cccc3c2oc2c(-c4cc[c]([Ge]([CH3])([CH3])[CH3])cc4)c(F)ccc23)c1. The monoisotopic (exact) mass is 499 g/mol. The van der Waals surface area contributed by atoms with E-state index in [1.807, 2.05) is 48.7 Å². The maximum absolute atomic E-state index is 15.2. The average Bonchev–Trinajstić information content (AvgIpc) is 3.17. The van der Waals surface area contributed by atoms with Gasteiger partial charge in [0.25, 0.3) is 0 Å². The molecule has 0 bridgehead atoms. The summed E-state index contributed by atoms with van der Waals surface area (Å²) in [6.07, 6.45) is 1.85. The Bertz CT molecular complexity index is 1480. The van der Waals surface area contributed by atoms with Gasteiger partial charge in [0.05, 0.1) is 0 Å². The first-order valence-electron chi connectivity index (χ1n) is 11.4. The van der Waals surface area contributed by atoms with E-state index in [9.17, 15) is 0 Å². The van der Waals surface area contributed by atoms with E-state index < -0.39 is 13.3 Å². The summed E-state index contributed by atoms with van der Waals surface area (Å²) in [6, 6.07) is 22.0. The zero-order valence-corrected chi connectivity index (χ0v) is 21.8. The van der Waals surface area contributed by atoms with E-state index in [0.29, 0.717) is 17.1 Å². The Balaban J connectivity index is 1.74. The molecular formula is C29H28FGeNO. The second-order valence-electron chi connectivity index (χ2n) is 10.0. The van der Waals surface area contributed by atoms with Crippen molar-refractivity contribution in [3.8, 4) is 22.4 Å². The number of nitrogens with zero attached hydrogens (tertiary/aromatic N) is 1. The number of aromatic nitrogens is 1. The Morgan fingerprint density at radius 3 is 2.27 bits per heavy atom. The minimum atomic E-state index is -1.95. The van der Waals surface area contributed by atoms with Crippen LogP contribution in [0.2, 0.25) is 17.3 Å². The van der Waals surface area contributed by atoms with Crippen LogP contribution in [0.5, 0.6) is 0 Å². The van der Waals surface area contributed by atoms with Crippen molar-refractivity contribution in [3.63, 3.8) is 0 Å². The molecule has 0 spiro atoms. The molecule has 0 unspecified atom stereocenters. The second kappa shape index (κ2) is 8.14. The predicted octanol–water partition coefficient (Wildman–Crippen LogP) is 8.12. The molecular weight excluding hydrogens is 470 g/mol. The molecule has 33 heavy (non-hydrogen) atoms. The van der Waals surface area contributed by atoms with E-state index in [4.69, 9.17) is 4.42 Å². The Morgan fingerprint density at radius 2 is 1.58 bits per heavy atom. The summed E-state index contributed by atoms with van der Waals surface area (Å²) in [5, 5.41) is 1.89. The summed E-state index contributed by atoms with van der Waals surface area (Å²) < 4.78 is 23.0. The van der Waals surface area contributed by atoms with Crippen molar-refractivity contribution >= 4 is 39.6 Å². The third-order valence-electron chi connectivity index (χ3n) is 6.38. The number of fused-ring (bicyclic) bond motifs is 3. The van der Waals surface area contributed by atoms with Crippen molar-refractivity contribution in [2.24, 2.45) is 0 Å². The molecule has 5 aromatic rings. The second-order valence-corrected chi connectivity index (χ2v) is 20.7. The predicted molar refractivity (Wildman–Crippen MR) is 139 cm³/mol. The molecule has 0 saturated heterocycles. The minimum absolute atomic E-state index is 0.270. The van der Waals surface area contributed by atoms with Gasteiger partial charge in [-0.1, -0.05) is 13.8 Å². The summed E-state index contributed by atoms with van der Waals surface area (Å²) in [5.74, 6) is 7.22. The van der Waals surface area contributed by atoms with Gasteiger partial charge in [-0.15, -0.1) is 0 Å². The number of furan rings is 1. The van der Waals surface area contributed by atoms with Gasteiger partial charge in [0, 0.05) is 0 Å². The maximum atomic E-state index is 15.2. The van der Waals surface area contributed by atoms with Crippen molar-refractivity contribution in [3.05, 3.63) is 84.3 Å². The molecule has 0 aliphatic heterocycles. The van der Waals surface area contributed by atoms with Crippen LogP contribution in [0, 0.1) is 5.82 Å². The van der Waals surface area contributed by atoms with Gasteiger partial charge < -0.3 is 0 Å². The van der Waals surface area contributed by atoms with E-state index in [0.717, 1.165) is 33.2 Å². The summed E-state index contributed by atoms with van der Waals surface area (Å²) >= 11 is -1.95. The van der Waals surface area contributed by atoms with E-state index in [1.54, 1.807) is 6.07 Å². The Hall–Kier alpha value is -2.92. The molecule has 0 amide bonds. The third-order valence-corrected chi connectivity index (χ3v) is 10.7. The molecule has 0 aliphatic rings. The van der Waals surface area contributed by atoms with Crippen molar-refractivity contribution < 1.29 is 8.81 Å². The van der Waals surface area contributed by atoms with Crippen LogP contribution in [-0.2, 0) is 0 Å². The normalized spacial score (nSPS) is 12.2. The fraction of sp³-hybridized carbons (Fsp3) is 0.207. The molecule has 166 valence electrons. The topological polar surface area (TPSA) is 26.0 Å². The van der Waals surface area contributed by atoms with Crippen LogP contribution in [-0.4, -0.2) is 18.3 Å². The summed E-state index contributed by atoms with van der Waals surface area (Å²) in [4.78, 5) is 4.61. The molecule has 4 heteroatoms. The number of halogens is 1. The van der Waals surface area contributed by atoms with Gasteiger partial charge in [-0.2, -0.15) is 0 Å². The van der Waals surface area contributed by atoms with E-state index in [2.05, 4.69) is 54.3 Å². The standard InChI is InChI=1S/C29H28FGeNO/c1-18(2)20-15-16-32-26(17-20)24-8-6-7-22-23-13-14-25(30)27(29(23)33-28(22)24)19-9-11-21(12-10-19)31(3,4)5/h6-18H,1-5H3. The van der Waals surface area contributed by atoms with Gasteiger partial charge in [-0.25, -0.2) is 0 Å². The van der Waals surface area contributed by atoms with Crippen molar-refractivity contribution in [2.45, 2.75) is 37.0 Å². The first-order chi connectivity index (χ1) is 15.7. The third kappa shape index (κ3) is 3.89. The molecule has 0 fully saturated rings. The summed E-state index contributed by atoms with van der Waals surface area (Å²) in [7, 11) is 0. The number of hydrogen-bond acceptors (Lipinski definition) is 2. The molecule has 0 saturated carbocycles. The first-order valence-corrected chi connectivity index (χ1v) is 18.8. The van der Waals surface area contributed by atoms with Gasteiger partial charge in [0.15, 0.2) is 0 Å². The number of para-hydroxylation sites is 1. The number of rotatable bonds is 4. The van der Waals surface area contributed by atoms with Crippen LogP contribution in [0.25, 0.3) is 44.3 Å². The molecule has 0 aliphatic carbocycles. The summed E-state index contributed by atoms with van der Waals surface area (Å²) in [6.45, 7) is 4.34.